The zero-order valence-corrected chi connectivity index (χ0v) is 12.5. The van der Waals surface area contributed by atoms with E-state index in [9.17, 15) is 4.79 Å². The monoisotopic (exact) mass is 306 g/mol. The highest BCUT2D eigenvalue weighted by atomic mass is 35.5. The van der Waals surface area contributed by atoms with Gasteiger partial charge in [0.1, 0.15) is 17.3 Å². The van der Waals surface area contributed by atoms with E-state index >= 15 is 0 Å². The number of hydrogen-bond donors (Lipinski definition) is 2. The number of carbonyl (C=O) groups is 1. The van der Waals surface area contributed by atoms with Crippen molar-refractivity contribution in [3.05, 3.63) is 40.8 Å². The van der Waals surface area contributed by atoms with Crippen molar-refractivity contribution in [2.45, 2.75) is 19.9 Å². The summed E-state index contributed by atoms with van der Waals surface area (Å²) in [6.45, 7) is 3.90. The van der Waals surface area contributed by atoms with E-state index in [1.807, 2.05) is 26.0 Å². The smallest absolute Gasteiger partial charge is 0.262 e. The van der Waals surface area contributed by atoms with Crippen molar-refractivity contribution in [1.29, 1.82) is 0 Å². The van der Waals surface area contributed by atoms with Crippen LogP contribution in [0, 0.1) is 6.92 Å². The number of nitrogens with one attached hydrogen (secondary N) is 2. The topological polar surface area (TPSA) is 63.5 Å². The molecule has 1 aliphatic rings. The summed E-state index contributed by atoms with van der Waals surface area (Å²) in [5, 5.41) is 6.51. The van der Waals surface area contributed by atoms with Crippen molar-refractivity contribution < 1.29 is 13.9 Å². The molecule has 3 rings (SSSR count). The molecule has 0 aliphatic carbocycles. The Kier molecular flexibility index (Phi) is 3.51. The zero-order chi connectivity index (χ0) is 15.0. The second-order valence-corrected chi connectivity index (χ2v) is 5.39. The molecular formula is C15H15ClN2O3. The van der Waals surface area contributed by atoms with Crippen LogP contribution < -0.4 is 15.4 Å². The third-order valence-corrected chi connectivity index (χ3v) is 3.57. The molecule has 0 saturated heterocycles. The first-order valence-corrected chi connectivity index (χ1v) is 7.00. The molecule has 5 nitrogen and oxygen atoms in total. The summed E-state index contributed by atoms with van der Waals surface area (Å²) in [5.41, 5.74) is 1.32. The van der Waals surface area contributed by atoms with Gasteiger partial charge in [0.25, 0.3) is 5.91 Å². The fourth-order valence-electron chi connectivity index (χ4n) is 2.20. The molecule has 1 aromatic carbocycles. The lowest BCUT2D eigenvalue weighted by Gasteiger charge is -2.21. The molecule has 0 saturated carbocycles. The molecule has 6 heteroatoms. The van der Waals surface area contributed by atoms with Gasteiger partial charge in [0.15, 0.2) is 6.61 Å². The molecule has 1 aromatic heterocycles. The first kappa shape index (κ1) is 13.8. The molecule has 2 heterocycles. The van der Waals surface area contributed by atoms with E-state index in [-0.39, 0.29) is 18.6 Å². The number of fused-ring (bicyclic) bond motifs is 1. The van der Waals surface area contributed by atoms with Gasteiger partial charge in [0.05, 0.1) is 22.4 Å². The van der Waals surface area contributed by atoms with Crippen LogP contribution in [0.25, 0.3) is 0 Å². The van der Waals surface area contributed by atoms with Gasteiger partial charge in [-0.2, -0.15) is 0 Å². The van der Waals surface area contributed by atoms with E-state index in [0.717, 1.165) is 17.2 Å². The van der Waals surface area contributed by atoms with Gasteiger partial charge in [-0.3, -0.25) is 4.79 Å². The summed E-state index contributed by atoms with van der Waals surface area (Å²) < 4.78 is 11.0. The summed E-state index contributed by atoms with van der Waals surface area (Å²) >= 11 is 6.25. The van der Waals surface area contributed by atoms with Crippen LogP contribution in [0.5, 0.6) is 5.75 Å². The zero-order valence-electron chi connectivity index (χ0n) is 11.7. The Hall–Kier alpha value is -2.14. The van der Waals surface area contributed by atoms with Gasteiger partial charge < -0.3 is 19.8 Å². The lowest BCUT2D eigenvalue weighted by molar-refractivity contribution is -0.118. The second-order valence-electron chi connectivity index (χ2n) is 4.98. The van der Waals surface area contributed by atoms with Crippen molar-refractivity contribution in [3.8, 4) is 5.75 Å². The Morgan fingerprint density at radius 2 is 2.19 bits per heavy atom. The Morgan fingerprint density at radius 3 is 2.90 bits per heavy atom. The summed E-state index contributed by atoms with van der Waals surface area (Å²) in [5.74, 6) is 2.11. The second kappa shape index (κ2) is 5.33. The fourth-order valence-corrected chi connectivity index (χ4v) is 2.42. The lowest BCUT2D eigenvalue weighted by Crippen LogP contribution is -2.25. The highest BCUT2D eigenvalue weighted by Crippen LogP contribution is 2.37. The summed E-state index contributed by atoms with van der Waals surface area (Å²) in [4.78, 5) is 11.3. The van der Waals surface area contributed by atoms with Crippen molar-refractivity contribution in [2.24, 2.45) is 0 Å². The van der Waals surface area contributed by atoms with Crippen LogP contribution >= 0.6 is 11.6 Å². The minimum atomic E-state index is -0.182. The maximum atomic E-state index is 11.3. The number of anilines is 2. The minimum Gasteiger partial charge on any atom is -0.482 e. The van der Waals surface area contributed by atoms with Gasteiger partial charge in [-0.15, -0.1) is 0 Å². The molecule has 0 bridgehead atoms. The van der Waals surface area contributed by atoms with Gasteiger partial charge in [-0.1, -0.05) is 11.6 Å². The van der Waals surface area contributed by atoms with Gasteiger partial charge >= 0.3 is 0 Å². The minimum absolute atomic E-state index is 0.0149. The molecule has 110 valence electrons. The van der Waals surface area contributed by atoms with E-state index in [4.69, 9.17) is 20.8 Å². The maximum absolute atomic E-state index is 11.3. The van der Waals surface area contributed by atoms with Crippen molar-refractivity contribution in [1.82, 2.24) is 0 Å². The predicted molar refractivity (Wildman–Crippen MR) is 81.1 cm³/mol. The van der Waals surface area contributed by atoms with Crippen molar-refractivity contribution >= 4 is 28.9 Å². The first-order valence-electron chi connectivity index (χ1n) is 6.62. The van der Waals surface area contributed by atoms with Gasteiger partial charge in [-0.05, 0) is 32.0 Å². The van der Waals surface area contributed by atoms with E-state index < -0.39 is 0 Å². The molecule has 21 heavy (non-hydrogen) atoms. The first-order chi connectivity index (χ1) is 10.0. The average molecular weight is 307 g/mol. The highest BCUT2D eigenvalue weighted by molar-refractivity contribution is 6.33. The van der Waals surface area contributed by atoms with Crippen LogP contribution in [-0.4, -0.2) is 12.5 Å². The number of carbonyl (C=O) groups excluding carboxylic acids is 1. The number of rotatable bonds is 3. The Labute approximate surface area is 127 Å². The Bertz CT molecular complexity index is 696. The summed E-state index contributed by atoms with van der Waals surface area (Å²) in [6.07, 6.45) is 0. The van der Waals surface area contributed by atoms with Crippen LogP contribution in [0.2, 0.25) is 5.02 Å². The fraction of sp³-hybridized carbons (Fsp3) is 0.267. The molecule has 2 N–H and O–H groups in total. The molecule has 0 spiro atoms. The third kappa shape index (κ3) is 2.83. The predicted octanol–water partition coefficient (Wildman–Crippen LogP) is 3.75. The molecule has 1 unspecified atom stereocenters. The summed E-state index contributed by atoms with van der Waals surface area (Å²) in [6, 6.07) is 7.27. The number of halogens is 1. The standard InChI is InChI=1S/C15H15ClN2O3/c1-8-3-4-13(21-8)9(2)17-11-6-14-12(5-10(11)16)18-15(19)7-20-14/h3-6,9,17H,7H2,1-2H3,(H,18,19). The number of amides is 1. The van der Waals surface area contributed by atoms with Crippen molar-refractivity contribution in [3.63, 3.8) is 0 Å². The molecule has 0 radical (unpaired) electrons. The van der Waals surface area contributed by atoms with E-state index in [1.165, 1.54) is 0 Å². The SMILES string of the molecule is Cc1ccc(C(C)Nc2cc3c(cc2Cl)NC(=O)CO3)o1. The largest absolute Gasteiger partial charge is 0.482 e. The molecule has 1 amide bonds. The van der Waals surface area contributed by atoms with E-state index in [0.29, 0.717) is 16.5 Å². The van der Waals surface area contributed by atoms with E-state index in [1.54, 1.807) is 12.1 Å². The Balaban J connectivity index is 1.84. The maximum Gasteiger partial charge on any atom is 0.262 e. The third-order valence-electron chi connectivity index (χ3n) is 3.26. The number of aryl methyl sites for hydroxylation is 1. The molecular weight excluding hydrogens is 292 g/mol. The van der Waals surface area contributed by atoms with Gasteiger partial charge in [0, 0.05) is 6.07 Å². The van der Waals surface area contributed by atoms with Gasteiger partial charge in [0.2, 0.25) is 0 Å². The van der Waals surface area contributed by atoms with Crippen LogP contribution in [-0.2, 0) is 4.79 Å². The van der Waals surface area contributed by atoms with E-state index in [2.05, 4.69) is 10.6 Å². The van der Waals surface area contributed by atoms with Gasteiger partial charge in [-0.25, -0.2) is 0 Å². The molecule has 1 atom stereocenters. The van der Waals surface area contributed by atoms with Crippen LogP contribution in [0.15, 0.2) is 28.7 Å². The average Bonchev–Trinajstić information content (AvgIpc) is 2.86. The lowest BCUT2D eigenvalue weighted by atomic mass is 10.2. The van der Waals surface area contributed by atoms with Crippen LogP contribution in [0.3, 0.4) is 0 Å². The number of ether oxygens (including phenoxy) is 1. The number of hydrogen-bond acceptors (Lipinski definition) is 4. The number of benzene rings is 1. The normalized spacial score (nSPS) is 14.9. The number of furan rings is 1. The summed E-state index contributed by atoms with van der Waals surface area (Å²) in [7, 11) is 0. The quantitative estimate of drug-likeness (QED) is 0.906. The van der Waals surface area contributed by atoms with Crippen LogP contribution in [0.1, 0.15) is 24.5 Å². The van der Waals surface area contributed by atoms with Crippen molar-refractivity contribution in [2.75, 3.05) is 17.2 Å². The molecule has 1 aliphatic heterocycles. The van der Waals surface area contributed by atoms with Crippen LogP contribution in [0.4, 0.5) is 11.4 Å². The highest BCUT2D eigenvalue weighted by Gasteiger charge is 2.19. The molecule has 0 fully saturated rings. The molecule has 2 aromatic rings. The Morgan fingerprint density at radius 1 is 1.38 bits per heavy atom.